The Kier molecular flexibility index (Phi) is 5.64. The van der Waals surface area contributed by atoms with Crippen molar-refractivity contribution in [2.75, 3.05) is 19.7 Å². The summed E-state index contributed by atoms with van der Waals surface area (Å²) in [7, 11) is 0. The maximum Gasteiger partial charge on any atom is 0.257 e. The molecule has 5 nitrogen and oxygen atoms in total. The van der Waals surface area contributed by atoms with Gasteiger partial charge >= 0.3 is 0 Å². The van der Waals surface area contributed by atoms with E-state index in [4.69, 9.17) is 4.74 Å². The Morgan fingerprint density at radius 2 is 2.38 bits per heavy atom. The highest BCUT2D eigenvalue weighted by Gasteiger charge is 2.22. The fourth-order valence-electron chi connectivity index (χ4n) is 3.27. The molecular formula is C19H25N3O2. The van der Waals surface area contributed by atoms with Crippen LogP contribution in [0.2, 0.25) is 0 Å². The van der Waals surface area contributed by atoms with E-state index in [1.54, 1.807) is 18.3 Å². The van der Waals surface area contributed by atoms with Crippen LogP contribution in [0.4, 0.5) is 0 Å². The molecule has 1 saturated heterocycles. The second-order valence-corrected chi connectivity index (χ2v) is 6.30. The molecule has 1 aromatic rings. The second kappa shape index (κ2) is 8.11. The molecule has 128 valence electrons. The van der Waals surface area contributed by atoms with Crippen LogP contribution < -0.4 is 15.4 Å². The number of piperidine rings is 1. The van der Waals surface area contributed by atoms with Crippen LogP contribution >= 0.6 is 0 Å². The van der Waals surface area contributed by atoms with Gasteiger partial charge in [-0.25, -0.2) is 4.98 Å². The van der Waals surface area contributed by atoms with Crippen molar-refractivity contribution < 1.29 is 9.53 Å². The maximum absolute atomic E-state index is 12.3. The highest BCUT2D eigenvalue weighted by atomic mass is 16.5. The minimum absolute atomic E-state index is 0.140. The van der Waals surface area contributed by atoms with E-state index in [9.17, 15) is 4.79 Å². The quantitative estimate of drug-likeness (QED) is 0.873. The molecule has 1 amide bonds. The van der Waals surface area contributed by atoms with Crippen molar-refractivity contribution in [3.05, 3.63) is 47.8 Å². The van der Waals surface area contributed by atoms with Gasteiger partial charge in [0.15, 0.2) is 0 Å². The maximum atomic E-state index is 12.3. The molecule has 1 fully saturated rings. The van der Waals surface area contributed by atoms with Gasteiger partial charge in [-0.15, -0.1) is 0 Å². The van der Waals surface area contributed by atoms with Crippen molar-refractivity contribution in [1.82, 2.24) is 15.6 Å². The van der Waals surface area contributed by atoms with Crippen LogP contribution in [0.5, 0.6) is 5.88 Å². The molecule has 1 aliphatic heterocycles. The Morgan fingerprint density at radius 1 is 1.46 bits per heavy atom. The number of hydrogen-bond donors (Lipinski definition) is 2. The number of nitrogens with one attached hydrogen (secondary N) is 2. The number of pyridine rings is 1. The van der Waals surface area contributed by atoms with Crippen LogP contribution in [0, 0.1) is 11.8 Å². The first-order valence-corrected chi connectivity index (χ1v) is 8.75. The zero-order valence-corrected chi connectivity index (χ0v) is 14.1. The number of nitrogens with zero attached hydrogens (tertiary/aromatic N) is 1. The van der Waals surface area contributed by atoms with Crippen LogP contribution in [0.1, 0.15) is 36.5 Å². The summed E-state index contributed by atoms with van der Waals surface area (Å²) in [5, 5.41) is 6.42. The molecule has 0 radical (unpaired) electrons. The zero-order valence-electron chi connectivity index (χ0n) is 14.1. The Hall–Kier alpha value is -2.14. The highest BCUT2D eigenvalue weighted by Crippen LogP contribution is 2.27. The summed E-state index contributed by atoms with van der Waals surface area (Å²) in [6.07, 6.45) is 11.5. The van der Waals surface area contributed by atoms with Gasteiger partial charge in [0.05, 0.1) is 12.2 Å². The van der Waals surface area contributed by atoms with Crippen molar-refractivity contribution >= 4 is 5.91 Å². The topological polar surface area (TPSA) is 63.2 Å². The van der Waals surface area contributed by atoms with Gasteiger partial charge in [-0.3, -0.25) is 4.79 Å². The third-order valence-electron chi connectivity index (χ3n) is 4.62. The molecule has 0 spiro atoms. The predicted molar refractivity (Wildman–Crippen MR) is 93.8 cm³/mol. The van der Waals surface area contributed by atoms with Gasteiger partial charge in [0.25, 0.3) is 5.91 Å². The highest BCUT2D eigenvalue weighted by molar-refractivity contribution is 5.95. The first kappa shape index (κ1) is 16.7. The number of rotatable bonds is 5. The predicted octanol–water partition coefficient (Wildman–Crippen LogP) is 2.67. The lowest BCUT2D eigenvalue weighted by Gasteiger charge is -2.30. The fraction of sp³-hybridized carbons (Fsp3) is 0.474. The molecule has 2 aliphatic rings. The van der Waals surface area contributed by atoms with Gasteiger partial charge in [0.2, 0.25) is 5.88 Å². The lowest BCUT2D eigenvalue weighted by Crippen LogP contribution is -2.34. The summed E-state index contributed by atoms with van der Waals surface area (Å²) in [5.41, 5.74) is 1.40. The zero-order chi connectivity index (χ0) is 16.8. The van der Waals surface area contributed by atoms with Crippen molar-refractivity contribution in [1.29, 1.82) is 0 Å². The number of amides is 1. The van der Waals surface area contributed by atoms with Gasteiger partial charge in [-0.05, 0) is 63.3 Å². The van der Waals surface area contributed by atoms with E-state index < -0.39 is 0 Å². The first-order valence-electron chi connectivity index (χ1n) is 8.75. The average Bonchev–Trinajstić information content (AvgIpc) is 2.64. The van der Waals surface area contributed by atoms with E-state index in [1.165, 1.54) is 12.8 Å². The number of carbonyl (C=O) groups is 1. The molecule has 5 heteroatoms. The minimum Gasteiger partial charge on any atom is -0.478 e. The van der Waals surface area contributed by atoms with Crippen LogP contribution in [0.25, 0.3) is 0 Å². The Bertz CT molecular complexity index is 616. The third-order valence-corrected chi connectivity index (χ3v) is 4.62. The third kappa shape index (κ3) is 4.23. The Balaban J connectivity index is 1.53. The van der Waals surface area contributed by atoms with E-state index in [0.29, 0.717) is 29.9 Å². The normalized spacial score (nSPS) is 23.5. The standard InChI is InChI=1S/C19H25N3O2/c1-2-24-18-10-7-16(13-21-18)19(23)22-17-8-5-14(6-9-17)15-4-3-11-20-12-15/h5,7-10,13-15,20H,2-4,6,11-12H2,1H3,(H,22,23)/t14?,15-/m1/s1. The average molecular weight is 327 g/mol. The molecule has 1 aliphatic carbocycles. The lowest BCUT2D eigenvalue weighted by molar-refractivity contribution is 0.0966. The van der Waals surface area contributed by atoms with E-state index in [2.05, 4.69) is 27.8 Å². The molecule has 0 bridgehead atoms. The van der Waals surface area contributed by atoms with Gasteiger partial charge in [0.1, 0.15) is 0 Å². The lowest BCUT2D eigenvalue weighted by atomic mass is 9.82. The Labute approximate surface area is 143 Å². The number of hydrogen-bond acceptors (Lipinski definition) is 4. The number of aromatic nitrogens is 1. The van der Waals surface area contributed by atoms with Crippen molar-refractivity contribution in [2.24, 2.45) is 11.8 Å². The largest absolute Gasteiger partial charge is 0.478 e. The number of ether oxygens (including phenoxy) is 1. The number of allylic oxidation sites excluding steroid dienone is 3. The first-order chi connectivity index (χ1) is 11.8. The molecule has 1 aromatic heterocycles. The SMILES string of the molecule is CCOc1ccc(C(=O)NC2=CCC([C@@H]3CCCNC3)C=C2)cn1. The van der Waals surface area contributed by atoms with Crippen LogP contribution in [0.15, 0.2) is 42.3 Å². The molecular weight excluding hydrogens is 302 g/mol. The molecule has 3 rings (SSSR count). The molecule has 24 heavy (non-hydrogen) atoms. The van der Waals surface area contributed by atoms with Gasteiger partial charge < -0.3 is 15.4 Å². The molecule has 0 saturated carbocycles. The van der Waals surface area contributed by atoms with Gasteiger partial charge in [-0.2, -0.15) is 0 Å². The second-order valence-electron chi connectivity index (χ2n) is 6.30. The summed E-state index contributed by atoms with van der Waals surface area (Å²) in [6, 6.07) is 3.45. The molecule has 0 aromatic carbocycles. The Morgan fingerprint density at radius 3 is 3.00 bits per heavy atom. The van der Waals surface area contributed by atoms with Gasteiger partial charge in [0, 0.05) is 18.0 Å². The van der Waals surface area contributed by atoms with E-state index in [1.807, 2.05) is 13.0 Å². The molecule has 2 heterocycles. The van der Waals surface area contributed by atoms with E-state index in [0.717, 1.165) is 25.2 Å². The fourth-order valence-corrected chi connectivity index (χ4v) is 3.27. The smallest absolute Gasteiger partial charge is 0.257 e. The van der Waals surface area contributed by atoms with Crippen LogP contribution in [-0.4, -0.2) is 30.6 Å². The minimum atomic E-state index is -0.140. The summed E-state index contributed by atoms with van der Waals surface area (Å²) in [4.78, 5) is 16.4. The van der Waals surface area contributed by atoms with Gasteiger partial charge in [-0.1, -0.05) is 12.2 Å². The molecule has 2 N–H and O–H groups in total. The summed E-state index contributed by atoms with van der Waals surface area (Å²) >= 11 is 0. The molecule has 2 atom stereocenters. The van der Waals surface area contributed by atoms with Crippen molar-refractivity contribution in [2.45, 2.75) is 26.2 Å². The summed E-state index contributed by atoms with van der Waals surface area (Å²) in [5.74, 6) is 1.68. The monoisotopic (exact) mass is 327 g/mol. The summed E-state index contributed by atoms with van der Waals surface area (Å²) < 4.78 is 5.29. The molecule has 1 unspecified atom stereocenters. The van der Waals surface area contributed by atoms with E-state index >= 15 is 0 Å². The van der Waals surface area contributed by atoms with Crippen molar-refractivity contribution in [3.63, 3.8) is 0 Å². The number of carbonyl (C=O) groups excluding carboxylic acids is 1. The van der Waals surface area contributed by atoms with Crippen molar-refractivity contribution in [3.8, 4) is 5.88 Å². The van der Waals surface area contributed by atoms with Crippen LogP contribution in [-0.2, 0) is 0 Å². The summed E-state index contributed by atoms with van der Waals surface area (Å²) in [6.45, 7) is 4.71. The van der Waals surface area contributed by atoms with Crippen LogP contribution in [0.3, 0.4) is 0 Å². The van der Waals surface area contributed by atoms with E-state index in [-0.39, 0.29) is 5.91 Å².